The Hall–Kier alpha value is -2.62. The van der Waals surface area contributed by atoms with E-state index in [-0.39, 0.29) is 5.69 Å². The first-order valence-corrected chi connectivity index (χ1v) is 7.98. The van der Waals surface area contributed by atoms with E-state index in [2.05, 4.69) is 37.5 Å². The molecule has 2 heterocycles. The van der Waals surface area contributed by atoms with Gasteiger partial charge < -0.3 is 4.74 Å². The highest BCUT2D eigenvalue weighted by atomic mass is 127. The summed E-state index contributed by atoms with van der Waals surface area (Å²) in [6, 6.07) is 9.73. The number of pyridine rings is 1. The van der Waals surface area contributed by atoms with Gasteiger partial charge in [-0.25, -0.2) is 4.98 Å². The van der Waals surface area contributed by atoms with E-state index in [0.29, 0.717) is 17.5 Å². The molecule has 0 aliphatic heterocycles. The number of nitrogens with zero attached hydrogens (tertiary/aromatic N) is 4. The van der Waals surface area contributed by atoms with E-state index in [1.54, 1.807) is 36.7 Å². The molecule has 120 valence electrons. The number of non-ortho nitro benzene ring substituents is 1. The Morgan fingerprint density at radius 1 is 1.12 bits per heavy atom. The normalized spacial score (nSPS) is 10.4. The first-order chi connectivity index (χ1) is 11.5. The van der Waals surface area contributed by atoms with Crippen LogP contribution in [0.3, 0.4) is 0 Å². The van der Waals surface area contributed by atoms with Crippen LogP contribution >= 0.6 is 22.6 Å². The van der Waals surface area contributed by atoms with Crippen LogP contribution in [-0.2, 0) is 0 Å². The number of aryl methyl sites for hydroxylation is 1. The van der Waals surface area contributed by atoms with Gasteiger partial charge in [0.25, 0.3) is 5.69 Å². The number of rotatable bonds is 4. The molecule has 0 saturated heterocycles. The second kappa shape index (κ2) is 6.87. The Morgan fingerprint density at radius 2 is 1.88 bits per heavy atom. The van der Waals surface area contributed by atoms with Gasteiger partial charge in [0.05, 0.1) is 14.6 Å². The molecular weight excluding hydrogens is 423 g/mol. The number of halogens is 1. The zero-order chi connectivity index (χ0) is 17.1. The predicted molar refractivity (Wildman–Crippen MR) is 95.9 cm³/mol. The van der Waals surface area contributed by atoms with Gasteiger partial charge in [-0.05, 0) is 47.7 Å². The van der Waals surface area contributed by atoms with Crippen molar-refractivity contribution >= 4 is 28.3 Å². The molecule has 0 amide bonds. The second-order valence-electron chi connectivity index (χ2n) is 4.88. The maximum atomic E-state index is 10.9. The zero-order valence-electron chi connectivity index (χ0n) is 12.5. The van der Waals surface area contributed by atoms with Crippen LogP contribution in [0.5, 0.6) is 11.6 Å². The third kappa shape index (κ3) is 3.65. The summed E-state index contributed by atoms with van der Waals surface area (Å²) in [6.45, 7) is 1.83. The minimum absolute atomic E-state index is 0.0365. The lowest BCUT2D eigenvalue weighted by Crippen LogP contribution is -1.97. The number of hydrogen-bond acceptors (Lipinski definition) is 6. The molecule has 0 N–H and O–H groups in total. The minimum Gasteiger partial charge on any atom is -0.438 e. The van der Waals surface area contributed by atoms with Crippen molar-refractivity contribution in [1.29, 1.82) is 0 Å². The highest BCUT2D eigenvalue weighted by Crippen LogP contribution is 2.30. The molecule has 1 aromatic carbocycles. The van der Waals surface area contributed by atoms with Gasteiger partial charge in [0.1, 0.15) is 5.75 Å². The standard InChI is InChI=1S/C16H11IN4O3/c1-10-8-15(20-16(19-10)11-4-6-18-7-5-11)24-14-9-12(21(22)23)2-3-13(14)17/h2-9H,1H3. The quantitative estimate of drug-likeness (QED) is 0.348. The third-order valence-electron chi connectivity index (χ3n) is 3.11. The highest BCUT2D eigenvalue weighted by Gasteiger charge is 2.13. The fraction of sp³-hybridized carbons (Fsp3) is 0.0625. The largest absolute Gasteiger partial charge is 0.438 e. The van der Waals surface area contributed by atoms with E-state index in [1.165, 1.54) is 12.1 Å². The van der Waals surface area contributed by atoms with Crippen molar-refractivity contribution in [2.24, 2.45) is 0 Å². The Morgan fingerprint density at radius 3 is 2.58 bits per heavy atom. The van der Waals surface area contributed by atoms with Crippen LogP contribution in [0.1, 0.15) is 5.69 Å². The Bertz CT molecular complexity index is 903. The summed E-state index contributed by atoms with van der Waals surface area (Å²) < 4.78 is 6.51. The Kier molecular flexibility index (Phi) is 4.65. The predicted octanol–water partition coefficient (Wildman–Crippen LogP) is 4.15. The molecule has 8 heteroatoms. The van der Waals surface area contributed by atoms with E-state index in [0.717, 1.165) is 14.8 Å². The van der Waals surface area contributed by atoms with Crippen molar-refractivity contribution in [3.63, 3.8) is 0 Å². The van der Waals surface area contributed by atoms with Crippen LogP contribution in [0, 0.1) is 20.6 Å². The van der Waals surface area contributed by atoms with Crippen molar-refractivity contribution in [3.8, 4) is 23.0 Å². The lowest BCUT2D eigenvalue weighted by atomic mass is 10.2. The zero-order valence-corrected chi connectivity index (χ0v) is 14.7. The molecule has 24 heavy (non-hydrogen) atoms. The van der Waals surface area contributed by atoms with Crippen molar-refractivity contribution in [1.82, 2.24) is 15.0 Å². The summed E-state index contributed by atoms with van der Waals surface area (Å²) in [4.78, 5) is 23.2. The fourth-order valence-electron chi connectivity index (χ4n) is 2.02. The van der Waals surface area contributed by atoms with Gasteiger partial charge in [0, 0.05) is 35.8 Å². The van der Waals surface area contributed by atoms with Crippen LogP contribution in [0.15, 0.2) is 48.8 Å². The van der Waals surface area contributed by atoms with Gasteiger partial charge in [-0.2, -0.15) is 4.98 Å². The second-order valence-corrected chi connectivity index (χ2v) is 6.04. The smallest absolute Gasteiger partial charge is 0.273 e. The summed E-state index contributed by atoms with van der Waals surface area (Å²) in [6.07, 6.45) is 3.32. The summed E-state index contributed by atoms with van der Waals surface area (Å²) in [5, 5.41) is 10.9. The molecule has 0 radical (unpaired) electrons. The van der Waals surface area contributed by atoms with Crippen molar-refractivity contribution in [3.05, 3.63) is 68.2 Å². The topological polar surface area (TPSA) is 91.0 Å². The minimum atomic E-state index is -0.462. The molecule has 0 spiro atoms. The third-order valence-corrected chi connectivity index (χ3v) is 4.00. The van der Waals surface area contributed by atoms with Crippen molar-refractivity contribution in [2.75, 3.05) is 0 Å². The lowest BCUT2D eigenvalue weighted by molar-refractivity contribution is -0.384. The first-order valence-electron chi connectivity index (χ1n) is 6.91. The summed E-state index contributed by atoms with van der Waals surface area (Å²) in [7, 11) is 0. The molecule has 7 nitrogen and oxygen atoms in total. The first kappa shape index (κ1) is 16.2. The maximum absolute atomic E-state index is 10.9. The summed E-state index contributed by atoms with van der Waals surface area (Å²) in [5.41, 5.74) is 1.50. The number of nitro benzene ring substituents is 1. The molecule has 3 rings (SSSR count). The van der Waals surface area contributed by atoms with Gasteiger partial charge in [0.15, 0.2) is 5.82 Å². The highest BCUT2D eigenvalue weighted by molar-refractivity contribution is 14.1. The number of nitro groups is 1. The molecule has 0 aliphatic carbocycles. The number of ether oxygens (including phenoxy) is 1. The molecule has 2 aromatic heterocycles. The van der Waals surface area contributed by atoms with Crippen LogP contribution < -0.4 is 4.74 Å². The SMILES string of the molecule is Cc1cc(Oc2cc([N+](=O)[O-])ccc2I)nc(-c2ccncc2)n1. The van der Waals surface area contributed by atoms with E-state index >= 15 is 0 Å². The Labute approximate surface area is 151 Å². The van der Waals surface area contributed by atoms with Gasteiger partial charge in [-0.3, -0.25) is 15.1 Å². The van der Waals surface area contributed by atoms with Crippen LogP contribution in [0.4, 0.5) is 5.69 Å². The van der Waals surface area contributed by atoms with Crippen LogP contribution in [0.2, 0.25) is 0 Å². The van der Waals surface area contributed by atoms with Gasteiger partial charge in [-0.1, -0.05) is 0 Å². The molecule has 0 saturated carbocycles. The van der Waals surface area contributed by atoms with Gasteiger partial charge in [-0.15, -0.1) is 0 Å². The maximum Gasteiger partial charge on any atom is 0.273 e. The average Bonchev–Trinajstić information content (AvgIpc) is 2.57. The van der Waals surface area contributed by atoms with E-state index in [4.69, 9.17) is 4.74 Å². The molecule has 0 bridgehead atoms. The molecule has 0 fully saturated rings. The lowest BCUT2D eigenvalue weighted by Gasteiger charge is -2.09. The average molecular weight is 434 g/mol. The summed E-state index contributed by atoms with van der Waals surface area (Å²) in [5.74, 6) is 1.21. The van der Waals surface area contributed by atoms with E-state index < -0.39 is 4.92 Å². The van der Waals surface area contributed by atoms with E-state index in [1.807, 2.05) is 6.92 Å². The number of benzene rings is 1. The van der Waals surface area contributed by atoms with Gasteiger partial charge in [0.2, 0.25) is 5.88 Å². The van der Waals surface area contributed by atoms with Crippen LogP contribution in [-0.4, -0.2) is 19.9 Å². The fourth-order valence-corrected chi connectivity index (χ4v) is 2.46. The van der Waals surface area contributed by atoms with Crippen molar-refractivity contribution < 1.29 is 9.66 Å². The Balaban J connectivity index is 1.98. The van der Waals surface area contributed by atoms with Crippen molar-refractivity contribution in [2.45, 2.75) is 6.92 Å². The summed E-state index contributed by atoms with van der Waals surface area (Å²) >= 11 is 2.06. The van der Waals surface area contributed by atoms with E-state index in [9.17, 15) is 10.1 Å². The monoisotopic (exact) mass is 434 g/mol. The molecule has 3 aromatic rings. The molecular formula is C16H11IN4O3. The molecule has 0 atom stereocenters. The van der Waals surface area contributed by atoms with Crippen LogP contribution in [0.25, 0.3) is 11.4 Å². The number of aromatic nitrogens is 3. The molecule has 0 aliphatic rings. The van der Waals surface area contributed by atoms with Gasteiger partial charge >= 0.3 is 0 Å². The molecule has 0 unspecified atom stereocenters. The number of hydrogen-bond donors (Lipinski definition) is 0.